The van der Waals surface area contributed by atoms with Gasteiger partial charge in [-0.15, -0.1) is 0 Å². The van der Waals surface area contributed by atoms with Crippen molar-refractivity contribution in [3.05, 3.63) is 99.6 Å². The molecule has 1 aromatic heterocycles. The Kier molecular flexibility index (Phi) is 4.56. The van der Waals surface area contributed by atoms with Gasteiger partial charge in [-0.2, -0.15) is 0 Å². The van der Waals surface area contributed by atoms with Crippen molar-refractivity contribution in [2.75, 3.05) is 0 Å². The number of nitrogens with zero attached hydrogens (tertiary/aromatic N) is 2. The van der Waals surface area contributed by atoms with Gasteiger partial charge in [-0.1, -0.05) is 60.2 Å². The first-order chi connectivity index (χ1) is 13.8. The van der Waals surface area contributed by atoms with Crippen LogP contribution in [-0.2, 0) is 32.1 Å². The second-order valence-electron chi connectivity index (χ2n) is 8.10. The Hall–Kier alpha value is -2.74. The lowest BCUT2D eigenvalue weighted by Gasteiger charge is -2.20. The van der Waals surface area contributed by atoms with Crippen LogP contribution in [0.3, 0.4) is 0 Å². The van der Waals surface area contributed by atoms with E-state index in [1.54, 1.807) is 0 Å². The topological polar surface area (TPSA) is 25.8 Å². The molecule has 28 heavy (non-hydrogen) atoms. The molecule has 2 nitrogen and oxygen atoms in total. The van der Waals surface area contributed by atoms with Crippen LogP contribution in [0, 0.1) is 0 Å². The highest BCUT2D eigenvalue weighted by molar-refractivity contribution is 5.84. The van der Waals surface area contributed by atoms with E-state index in [0.29, 0.717) is 0 Å². The van der Waals surface area contributed by atoms with Crippen LogP contribution in [0.15, 0.2) is 60.2 Å². The first-order valence-electron chi connectivity index (χ1n) is 10.5. The third kappa shape index (κ3) is 3.17. The molecular weight excluding hydrogens is 340 g/mol. The fraction of sp³-hybridized carbons (Fsp3) is 0.308. The van der Waals surface area contributed by atoms with Gasteiger partial charge in [0.15, 0.2) is 5.82 Å². The van der Waals surface area contributed by atoms with Gasteiger partial charge in [0.05, 0.1) is 0 Å². The molecule has 2 aromatic carbocycles. The van der Waals surface area contributed by atoms with Crippen LogP contribution in [0.2, 0.25) is 0 Å². The van der Waals surface area contributed by atoms with Crippen molar-refractivity contribution >= 4 is 5.57 Å². The number of fused-ring (bicyclic) bond motifs is 2. The zero-order valence-corrected chi connectivity index (χ0v) is 16.5. The van der Waals surface area contributed by atoms with Crippen molar-refractivity contribution in [3.8, 4) is 0 Å². The van der Waals surface area contributed by atoms with E-state index in [1.807, 2.05) is 0 Å². The van der Waals surface area contributed by atoms with Gasteiger partial charge in [-0.05, 0) is 74.1 Å². The predicted molar refractivity (Wildman–Crippen MR) is 114 cm³/mol. The SMILES string of the molecule is CC1=C(c2nc3c(c(CCc4ccccc4)n2)CCCC3)c2ccccc2C1. The largest absolute Gasteiger partial charge is 0.233 e. The lowest BCUT2D eigenvalue weighted by Crippen LogP contribution is -2.14. The van der Waals surface area contributed by atoms with Gasteiger partial charge in [0, 0.05) is 17.0 Å². The highest BCUT2D eigenvalue weighted by Crippen LogP contribution is 2.37. The zero-order valence-electron chi connectivity index (χ0n) is 16.5. The molecule has 1 heterocycles. The molecule has 0 unspecified atom stereocenters. The summed E-state index contributed by atoms with van der Waals surface area (Å²) in [5, 5.41) is 0. The molecule has 0 amide bonds. The summed E-state index contributed by atoms with van der Waals surface area (Å²) in [6.07, 6.45) is 7.79. The summed E-state index contributed by atoms with van der Waals surface area (Å²) in [6, 6.07) is 19.5. The molecule has 0 aliphatic heterocycles. The second-order valence-corrected chi connectivity index (χ2v) is 8.10. The maximum Gasteiger partial charge on any atom is 0.160 e. The average molecular weight is 367 g/mol. The van der Waals surface area contributed by atoms with E-state index in [9.17, 15) is 0 Å². The van der Waals surface area contributed by atoms with Gasteiger partial charge < -0.3 is 0 Å². The summed E-state index contributed by atoms with van der Waals surface area (Å²) in [5.41, 5.74) is 10.8. The fourth-order valence-corrected chi connectivity index (χ4v) is 4.73. The Morgan fingerprint density at radius 1 is 0.821 bits per heavy atom. The average Bonchev–Trinajstić information content (AvgIpc) is 3.08. The minimum Gasteiger partial charge on any atom is -0.233 e. The number of rotatable bonds is 4. The van der Waals surface area contributed by atoms with Gasteiger partial charge in [-0.25, -0.2) is 9.97 Å². The lowest BCUT2D eigenvalue weighted by molar-refractivity contribution is 0.647. The summed E-state index contributed by atoms with van der Waals surface area (Å²) in [4.78, 5) is 10.3. The fourth-order valence-electron chi connectivity index (χ4n) is 4.73. The van der Waals surface area contributed by atoms with E-state index in [4.69, 9.17) is 9.97 Å². The molecule has 5 rings (SSSR count). The molecule has 0 spiro atoms. The van der Waals surface area contributed by atoms with E-state index in [-0.39, 0.29) is 0 Å². The number of allylic oxidation sites excluding steroid dienone is 1. The van der Waals surface area contributed by atoms with Crippen LogP contribution in [-0.4, -0.2) is 9.97 Å². The number of aromatic nitrogens is 2. The van der Waals surface area contributed by atoms with Crippen molar-refractivity contribution < 1.29 is 0 Å². The Morgan fingerprint density at radius 2 is 1.61 bits per heavy atom. The van der Waals surface area contributed by atoms with Gasteiger partial charge in [-0.3, -0.25) is 0 Å². The molecule has 140 valence electrons. The first-order valence-corrected chi connectivity index (χ1v) is 10.5. The predicted octanol–water partition coefficient (Wildman–Crippen LogP) is 5.52. The Morgan fingerprint density at radius 3 is 2.50 bits per heavy atom. The molecule has 0 atom stereocenters. The smallest absolute Gasteiger partial charge is 0.160 e. The van der Waals surface area contributed by atoms with Crippen LogP contribution in [0.5, 0.6) is 0 Å². The molecule has 0 saturated carbocycles. The Balaban J connectivity index is 1.55. The van der Waals surface area contributed by atoms with Gasteiger partial charge in [0.1, 0.15) is 0 Å². The minimum atomic E-state index is 0.950. The summed E-state index contributed by atoms with van der Waals surface area (Å²) in [6.45, 7) is 2.24. The standard InChI is InChI=1S/C26H26N2/c1-18-17-20-11-5-6-12-21(20)25(18)26-27-23-14-8-7-13-22(23)24(28-26)16-15-19-9-3-2-4-10-19/h2-6,9-12H,7-8,13-17H2,1H3. The quantitative estimate of drug-likeness (QED) is 0.608. The highest BCUT2D eigenvalue weighted by atomic mass is 14.9. The number of hydrogen-bond donors (Lipinski definition) is 0. The Bertz CT molecular complexity index is 1050. The van der Waals surface area contributed by atoms with E-state index < -0.39 is 0 Å². The van der Waals surface area contributed by atoms with E-state index >= 15 is 0 Å². The lowest BCUT2D eigenvalue weighted by atomic mass is 9.92. The third-order valence-electron chi connectivity index (χ3n) is 6.15. The van der Waals surface area contributed by atoms with E-state index in [0.717, 1.165) is 37.9 Å². The zero-order chi connectivity index (χ0) is 18.9. The number of benzene rings is 2. The molecule has 0 fully saturated rings. The summed E-state index contributed by atoms with van der Waals surface area (Å²) in [7, 11) is 0. The van der Waals surface area contributed by atoms with Crippen LogP contribution >= 0.6 is 0 Å². The summed E-state index contributed by atoms with van der Waals surface area (Å²) >= 11 is 0. The van der Waals surface area contributed by atoms with Crippen molar-refractivity contribution in [2.24, 2.45) is 0 Å². The van der Waals surface area contributed by atoms with Crippen molar-refractivity contribution in [2.45, 2.75) is 51.9 Å². The molecule has 0 radical (unpaired) electrons. The van der Waals surface area contributed by atoms with E-state index in [2.05, 4.69) is 61.5 Å². The van der Waals surface area contributed by atoms with Crippen molar-refractivity contribution in [1.82, 2.24) is 9.97 Å². The second kappa shape index (κ2) is 7.35. The maximum atomic E-state index is 5.16. The monoisotopic (exact) mass is 366 g/mol. The van der Waals surface area contributed by atoms with Crippen LogP contribution in [0.4, 0.5) is 0 Å². The van der Waals surface area contributed by atoms with Gasteiger partial charge in [0.25, 0.3) is 0 Å². The minimum absolute atomic E-state index is 0.950. The molecule has 2 aliphatic carbocycles. The number of hydrogen-bond acceptors (Lipinski definition) is 2. The summed E-state index contributed by atoms with van der Waals surface area (Å²) in [5.74, 6) is 0.950. The molecular formula is C26H26N2. The molecule has 0 bridgehead atoms. The maximum absolute atomic E-state index is 5.16. The van der Waals surface area contributed by atoms with Crippen molar-refractivity contribution in [3.63, 3.8) is 0 Å². The first kappa shape index (κ1) is 17.4. The molecule has 2 aliphatic rings. The molecule has 3 aromatic rings. The van der Waals surface area contributed by atoms with Gasteiger partial charge in [0.2, 0.25) is 0 Å². The van der Waals surface area contributed by atoms with Crippen LogP contribution in [0.25, 0.3) is 5.57 Å². The Labute approximate surface area is 167 Å². The van der Waals surface area contributed by atoms with E-state index in [1.165, 1.54) is 57.6 Å². The normalized spacial score (nSPS) is 15.5. The molecule has 0 saturated heterocycles. The van der Waals surface area contributed by atoms with Crippen LogP contribution in [0.1, 0.15) is 59.2 Å². The highest BCUT2D eigenvalue weighted by Gasteiger charge is 2.25. The summed E-state index contributed by atoms with van der Waals surface area (Å²) < 4.78 is 0. The van der Waals surface area contributed by atoms with Gasteiger partial charge >= 0.3 is 0 Å². The molecule has 2 heteroatoms. The number of aryl methyl sites for hydroxylation is 3. The molecule has 0 N–H and O–H groups in total. The van der Waals surface area contributed by atoms with Crippen molar-refractivity contribution in [1.29, 1.82) is 0 Å². The third-order valence-corrected chi connectivity index (χ3v) is 6.15. The van der Waals surface area contributed by atoms with Crippen LogP contribution < -0.4 is 0 Å².